The van der Waals surface area contributed by atoms with Crippen LogP contribution in [-0.4, -0.2) is 68.2 Å². The van der Waals surface area contributed by atoms with Crippen molar-refractivity contribution in [2.45, 2.75) is 48.3 Å². The molecule has 3 aromatic rings. The molecule has 1 aliphatic rings. The molecule has 42 heavy (non-hydrogen) atoms. The van der Waals surface area contributed by atoms with Crippen LogP contribution in [0, 0.1) is 5.82 Å². The van der Waals surface area contributed by atoms with Crippen LogP contribution < -0.4 is 14.8 Å². The van der Waals surface area contributed by atoms with Gasteiger partial charge in [0.25, 0.3) is 16.5 Å². The molecule has 1 heterocycles. The van der Waals surface area contributed by atoms with Gasteiger partial charge in [0.2, 0.25) is 0 Å². The number of ether oxygens (including phenoxy) is 1. The fraction of sp³-hybridized carbons (Fsp3) is 0.370. The lowest BCUT2D eigenvalue weighted by Crippen LogP contribution is -2.47. The lowest BCUT2D eigenvalue weighted by molar-refractivity contribution is -0.137. The molecule has 2 aromatic carbocycles. The Hall–Kier alpha value is -3.98. The maximum absolute atomic E-state index is 15.1. The van der Waals surface area contributed by atoms with Gasteiger partial charge in [0.05, 0.1) is 18.4 Å². The van der Waals surface area contributed by atoms with E-state index in [9.17, 15) is 21.6 Å². The fourth-order valence-electron chi connectivity index (χ4n) is 4.92. The smallest absolute Gasteiger partial charge is 0.416 e. The second kappa shape index (κ2) is 13.8. The quantitative estimate of drug-likeness (QED) is 0.241. The van der Waals surface area contributed by atoms with E-state index in [0.29, 0.717) is 24.8 Å². The van der Waals surface area contributed by atoms with E-state index in [1.807, 2.05) is 19.0 Å². The summed E-state index contributed by atoms with van der Waals surface area (Å²) in [6.45, 7) is -0.250. The molecule has 0 amide bonds. The summed E-state index contributed by atoms with van der Waals surface area (Å²) >= 11 is 0. The van der Waals surface area contributed by atoms with Gasteiger partial charge in [0.1, 0.15) is 28.6 Å². The number of anilines is 2. The SMILES string of the molecule is COc1cc(S(=O)(=O)Nc2ccncn2)c(F)cc1N[C@H]1CC[C@H](c2cccc(C(F)(F)F)c2)C[C@@H]1N(C)C.O=CO. The van der Waals surface area contributed by atoms with E-state index >= 15 is 4.39 Å². The molecule has 1 aliphatic carbocycles. The third-order valence-corrected chi connectivity index (χ3v) is 8.24. The maximum Gasteiger partial charge on any atom is 0.416 e. The molecule has 1 fully saturated rings. The fourth-order valence-corrected chi connectivity index (χ4v) is 6.01. The summed E-state index contributed by atoms with van der Waals surface area (Å²) in [5.41, 5.74) is 0.223. The first-order valence-electron chi connectivity index (χ1n) is 12.6. The molecule has 15 heteroatoms. The van der Waals surface area contributed by atoms with Crippen molar-refractivity contribution in [2.75, 3.05) is 31.2 Å². The first-order chi connectivity index (χ1) is 19.8. The van der Waals surface area contributed by atoms with Gasteiger partial charge >= 0.3 is 6.18 Å². The minimum absolute atomic E-state index is 0.0167. The summed E-state index contributed by atoms with van der Waals surface area (Å²) < 4.78 is 88.2. The van der Waals surface area contributed by atoms with Crippen molar-refractivity contribution in [1.82, 2.24) is 14.9 Å². The van der Waals surface area contributed by atoms with Crippen molar-refractivity contribution in [1.29, 1.82) is 0 Å². The number of nitrogens with one attached hydrogen (secondary N) is 2. The molecule has 1 saturated carbocycles. The molecule has 0 bridgehead atoms. The van der Waals surface area contributed by atoms with E-state index in [0.717, 1.165) is 24.5 Å². The Morgan fingerprint density at radius 2 is 1.86 bits per heavy atom. The van der Waals surface area contributed by atoms with Crippen molar-refractivity contribution >= 4 is 28.0 Å². The Morgan fingerprint density at radius 1 is 1.14 bits per heavy atom. The van der Waals surface area contributed by atoms with Gasteiger partial charge < -0.3 is 20.1 Å². The first-order valence-corrected chi connectivity index (χ1v) is 14.1. The molecular formula is C27H31F4N5O5S. The molecule has 0 saturated heterocycles. The van der Waals surface area contributed by atoms with Crippen molar-refractivity contribution < 1.29 is 40.6 Å². The summed E-state index contributed by atoms with van der Waals surface area (Å²) in [6, 6.07) is 8.61. The van der Waals surface area contributed by atoms with Crippen LogP contribution in [0.25, 0.3) is 0 Å². The number of nitrogens with zero attached hydrogens (tertiary/aromatic N) is 3. The predicted octanol–water partition coefficient (Wildman–Crippen LogP) is 4.82. The van der Waals surface area contributed by atoms with Gasteiger partial charge in [-0.2, -0.15) is 13.2 Å². The normalized spacial score (nSPS) is 18.9. The van der Waals surface area contributed by atoms with Crippen LogP contribution in [0.1, 0.15) is 36.3 Å². The molecule has 0 radical (unpaired) electrons. The molecule has 4 rings (SSSR count). The third kappa shape index (κ3) is 8.06. The van der Waals surface area contributed by atoms with E-state index in [2.05, 4.69) is 20.0 Å². The van der Waals surface area contributed by atoms with Gasteiger partial charge in [-0.3, -0.25) is 9.52 Å². The van der Waals surface area contributed by atoms with Crippen LogP contribution >= 0.6 is 0 Å². The minimum Gasteiger partial charge on any atom is -0.495 e. The number of carboxylic acid groups (broad SMARTS) is 1. The second-order valence-electron chi connectivity index (χ2n) is 9.70. The number of aromatic nitrogens is 2. The Morgan fingerprint density at radius 3 is 2.45 bits per heavy atom. The van der Waals surface area contributed by atoms with Crippen LogP contribution in [0.15, 0.2) is 59.9 Å². The van der Waals surface area contributed by atoms with Crippen molar-refractivity contribution in [2.24, 2.45) is 0 Å². The van der Waals surface area contributed by atoms with E-state index in [1.165, 1.54) is 31.5 Å². The highest BCUT2D eigenvalue weighted by Crippen LogP contribution is 2.40. The zero-order valence-corrected chi connectivity index (χ0v) is 23.8. The monoisotopic (exact) mass is 613 g/mol. The number of likely N-dealkylation sites (N-methyl/N-ethyl adjacent to an activating group) is 1. The Balaban J connectivity index is 0.00000155. The largest absolute Gasteiger partial charge is 0.495 e. The molecule has 3 atom stereocenters. The maximum atomic E-state index is 15.1. The lowest BCUT2D eigenvalue weighted by atomic mass is 9.78. The van der Waals surface area contributed by atoms with E-state index in [1.54, 1.807) is 6.07 Å². The van der Waals surface area contributed by atoms with Crippen LogP contribution in [0.5, 0.6) is 5.75 Å². The number of halogens is 4. The van der Waals surface area contributed by atoms with E-state index in [4.69, 9.17) is 14.6 Å². The van der Waals surface area contributed by atoms with Crippen molar-refractivity contribution in [3.63, 3.8) is 0 Å². The van der Waals surface area contributed by atoms with E-state index in [-0.39, 0.29) is 41.7 Å². The number of carbonyl (C=O) groups is 1. The zero-order valence-electron chi connectivity index (χ0n) is 23.0. The lowest BCUT2D eigenvalue weighted by Gasteiger charge is -2.41. The van der Waals surface area contributed by atoms with Crippen LogP contribution in [0.2, 0.25) is 0 Å². The second-order valence-corrected chi connectivity index (χ2v) is 11.4. The van der Waals surface area contributed by atoms with Crippen molar-refractivity contribution in [3.05, 3.63) is 71.9 Å². The van der Waals surface area contributed by atoms with Gasteiger partial charge in [-0.15, -0.1) is 0 Å². The summed E-state index contributed by atoms with van der Waals surface area (Å²) in [7, 11) is 0.784. The van der Waals surface area contributed by atoms with Gasteiger partial charge in [-0.25, -0.2) is 22.8 Å². The van der Waals surface area contributed by atoms with Gasteiger partial charge in [-0.05, 0) is 57.0 Å². The van der Waals surface area contributed by atoms with Gasteiger partial charge in [0.15, 0.2) is 0 Å². The molecule has 0 spiro atoms. The molecule has 10 nitrogen and oxygen atoms in total. The molecule has 0 unspecified atom stereocenters. The predicted molar refractivity (Wildman–Crippen MR) is 147 cm³/mol. The number of sulfonamides is 1. The Labute approximate surface area is 240 Å². The molecular weight excluding hydrogens is 582 g/mol. The summed E-state index contributed by atoms with van der Waals surface area (Å²) in [5, 5.41) is 10.2. The first kappa shape index (κ1) is 32.5. The number of alkyl halides is 3. The zero-order chi connectivity index (χ0) is 31.1. The summed E-state index contributed by atoms with van der Waals surface area (Å²) in [5.74, 6) is -0.968. The average Bonchev–Trinajstić information content (AvgIpc) is 2.93. The average molecular weight is 614 g/mol. The van der Waals surface area contributed by atoms with Crippen LogP contribution in [-0.2, 0) is 21.0 Å². The highest BCUT2D eigenvalue weighted by Gasteiger charge is 2.35. The Kier molecular flexibility index (Phi) is 10.7. The van der Waals surface area contributed by atoms with E-state index < -0.39 is 32.5 Å². The molecule has 3 N–H and O–H groups in total. The number of rotatable bonds is 8. The highest BCUT2D eigenvalue weighted by molar-refractivity contribution is 7.92. The number of methoxy groups -OCH3 is 1. The number of hydrogen-bond acceptors (Lipinski definition) is 8. The minimum atomic E-state index is -4.42. The molecule has 228 valence electrons. The standard InChI is InChI=1S/C26H29F4N5O3S.CH2O2/c1-35(2)22-12-17(16-5-4-6-18(11-16)26(28,29)30)7-8-20(22)33-21-13-19(27)24(14-23(21)38-3)39(36,37)34-25-9-10-31-15-32-25;2-1-3/h4-6,9-11,13-15,17,20,22,33H,7-8,12H2,1-3H3,(H,31,32,34);1H,(H,2,3)/t17-,20-,22-;/m0./s1. The summed E-state index contributed by atoms with van der Waals surface area (Å²) in [6.07, 6.45) is -0.137. The summed E-state index contributed by atoms with van der Waals surface area (Å²) in [4.78, 5) is 17.2. The molecule has 0 aliphatic heterocycles. The van der Waals surface area contributed by atoms with Crippen LogP contribution in [0.3, 0.4) is 0 Å². The van der Waals surface area contributed by atoms with Gasteiger partial charge in [-0.1, -0.05) is 18.2 Å². The molecule has 1 aromatic heterocycles. The number of hydrogen-bond donors (Lipinski definition) is 3. The third-order valence-electron chi connectivity index (χ3n) is 6.87. The van der Waals surface area contributed by atoms with Gasteiger partial charge in [0, 0.05) is 30.4 Å². The van der Waals surface area contributed by atoms with Crippen molar-refractivity contribution in [3.8, 4) is 5.75 Å². The Bertz CT molecular complexity index is 1460. The van der Waals surface area contributed by atoms with Crippen LogP contribution in [0.4, 0.5) is 29.1 Å². The highest BCUT2D eigenvalue weighted by atomic mass is 32.2. The topological polar surface area (TPSA) is 134 Å². The number of benzene rings is 2.